The van der Waals surface area contributed by atoms with E-state index in [1.165, 1.54) is 6.07 Å². The molecule has 3 heterocycles. The van der Waals surface area contributed by atoms with Gasteiger partial charge < -0.3 is 15.1 Å². The van der Waals surface area contributed by atoms with Crippen molar-refractivity contribution in [2.75, 3.05) is 13.1 Å². The van der Waals surface area contributed by atoms with Gasteiger partial charge in [0.05, 0.1) is 0 Å². The summed E-state index contributed by atoms with van der Waals surface area (Å²) in [5.41, 5.74) is 6.54. The van der Waals surface area contributed by atoms with Gasteiger partial charge in [-0.2, -0.15) is 5.10 Å². The summed E-state index contributed by atoms with van der Waals surface area (Å²) in [7, 11) is 0. The highest BCUT2D eigenvalue weighted by molar-refractivity contribution is 5.95. The lowest BCUT2D eigenvalue weighted by atomic mass is 9.95. The van der Waals surface area contributed by atoms with Crippen molar-refractivity contribution in [3.8, 4) is 11.3 Å². The Morgan fingerprint density at radius 2 is 2.00 bits per heavy atom. The summed E-state index contributed by atoms with van der Waals surface area (Å²) in [5.74, 6) is 1.86. The summed E-state index contributed by atoms with van der Waals surface area (Å²) in [6, 6.07) is 10.4. The predicted octanol–water partition coefficient (Wildman–Crippen LogP) is 2.49. The van der Waals surface area contributed by atoms with Crippen LogP contribution in [0.2, 0.25) is 0 Å². The molecule has 2 amide bonds. The van der Waals surface area contributed by atoms with Gasteiger partial charge >= 0.3 is 0 Å². The van der Waals surface area contributed by atoms with Gasteiger partial charge in [0, 0.05) is 30.1 Å². The van der Waals surface area contributed by atoms with Crippen molar-refractivity contribution in [2.45, 2.75) is 25.7 Å². The average molecular weight is 379 g/mol. The molecule has 1 fully saturated rings. The van der Waals surface area contributed by atoms with Gasteiger partial charge in [0.15, 0.2) is 11.6 Å². The zero-order valence-electron chi connectivity index (χ0n) is 15.5. The van der Waals surface area contributed by atoms with E-state index in [0.29, 0.717) is 24.4 Å². The number of likely N-dealkylation sites (tertiary alicyclic amines) is 1. The zero-order chi connectivity index (χ0) is 19.7. The van der Waals surface area contributed by atoms with Gasteiger partial charge in [0.2, 0.25) is 0 Å². The maximum absolute atomic E-state index is 12.9. The van der Waals surface area contributed by atoms with Crippen molar-refractivity contribution >= 4 is 11.8 Å². The topological polar surface area (TPSA) is 118 Å². The third-order valence-corrected chi connectivity index (χ3v) is 5.00. The summed E-state index contributed by atoms with van der Waals surface area (Å²) >= 11 is 0. The molecule has 1 aliphatic rings. The smallest absolute Gasteiger partial charge is 0.284 e. The Hall–Kier alpha value is -3.42. The van der Waals surface area contributed by atoms with Gasteiger partial charge in [-0.1, -0.05) is 12.1 Å². The molecule has 8 heteroatoms. The molecule has 0 aliphatic carbocycles. The molecule has 0 unspecified atom stereocenters. The van der Waals surface area contributed by atoms with Crippen LogP contribution in [0.15, 0.2) is 40.8 Å². The first-order chi connectivity index (χ1) is 13.5. The molecular formula is C20H21N5O3. The van der Waals surface area contributed by atoms with Gasteiger partial charge in [0.1, 0.15) is 11.6 Å². The largest absolute Gasteiger partial charge is 0.451 e. The predicted molar refractivity (Wildman–Crippen MR) is 102 cm³/mol. The van der Waals surface area contributed by atoms with E-state index in [1.54, 1.807) is 24.3 Å². The summed E-state index contributed by atoms with van der Waals surface area (Å²) < 4.78 is 5.46. The Morgan fingerprint density at radius 3 is 2.64 bits per heavy atom. The van der Waals surface area contributed by atoms with E-state index in [4.69, 9.17) is 10.2 Å². The number of primary amides is 1. The molecule has 8 nitrogen and oxygen atoms in total. The highest BCUT2D eigenvalue weighted by Crippen LogP contribution is 2.28. The number of aryl methyl sites for hydroxylation is 1. The van der Waals surface area contributed by atoms with Crippen LogP contribution in [0, 0.1) is 6.92 Å². The van der Waals surface area contributed by atoms with Gasteiger partial charge in [-0.3, -0.25) is 14.7 Å². The molecule has 4 rings (SSSR count). The fourth-order valence-electron chi connectivity index (χ4n) is 3.50. The van der Waals surface area contributed by atoms with E-state index in [-0.39, 0.29) is 17.6 Å². The van der Waals surface area contributed by atoms with Crippen LogP contribution >= 0.6 is 0 Å². The van der Waals surface area contributed by atoms with Crippen molar-refractivity contribution in [3.63, 3.8) is 0 Å². The fraction of sp³-hybridized carbons (Fsp3) is 0.300. The molecule has 1 aromatic carbocycles. The van der Waals surface area contributed by atoms with Crippen LogP contribution in [-0.2, 0) is 0 Å². The number of benzene rings is 1. The quantitative estimate of drug-likeness (QED) is 0.722. The molecular weight excluding hydrogens is 358 g/mol. The van der Waals surface area contributed by atoms with Crippen molar-refractivity contribution in [1.82, 2.24) is 20.1 Å². The standard InChI is InChI=1S/C20H21N5O3/c1-12-22-19(24-23-12)13-7-9-25(10-8-13)20(27)15-4-2-3-14(11-15)16-5-6-17(28-16)18(21)26/h2-6,11,13H,7-10H2,1H3,(H2,21,26)(H,22,23,24). The second kappa shape index (κ2) is 7.30. The normalized spacial score (nSPS) is 15.0. The lowest BCUT2D eigenvalue weighted by molar-refractivity contribution is 0.0711. The van der Waals surface area contributed by atoms with E-state index in [1.807, 2.05) is 17.9 Å². The zero-order valence-corrected chi connectivity index (χ0v) is 15.5. The summed E-state index contributed by atoms with van der Waals surface area (Å²) in [4.78, 5) is 30.4. The van der Waals surface area contributed by atoms with Crippen molar-refractivity contribution in [3.05, 3.63) is 59.4 Å². The van der Waals surface area contributed by atoms with Crippen LogP contribution in [0.3, 0.4) is 0 Å². The van der Waals surface area contributed by atoms with Crippen LogP contribution < -0.4 is 5.73 Å². The molecule has 0 atom stereocenters. The Labute approximate surface area is 161 Å². The highest BCUT2D eigenvalue weighted by Gasteiger charge is 2.27. The van der Waals surface area contributed by atoms with Crippen LogP contribution in [0.1, 0.15) is 51.3 Å². The molecule has 0 radical (unpaired) electrons. The number of H-pyrrole nitrogens is 1. The number of aromatic nitrogens is 3. The first-order valence-corrected chi connectivity index (χ1v) is 9.19. The average Bonchev–Trinajstić information content (AvgIpc) is 3.37. The van der Waals surface area contributed by atoms with E-state index in [2.05, 4.69) is 15.2 Å². The molecule has 28 heavy (non-hydrogen) atoms. The molecule has 0 spiro atoms. The third-order valence-electron chi connectivity index (χ3n) is 5.00. The Kier molecular flexibility index (Phi) is 4.68. The fourth-order valence-corrected chi connectivity index (χ4v) is 3.50. The van der Waals surface area contributed by atoms with E-state index in [0.717, 1.165) is 30.1 Å². The highest BCUT2D eigenvalue weighted by atomic mass is 16.3. The third kappa shape index (κ3) is 3.53. The van der Waals surface area contributed by atoms with E-state index < -0.39 is 5.91 Å². The van der Waals surface area contributed by atoms with Crippen LogP contribution in [0.5, 0.6) is 0 Å². The molecule has 0 saturated carbocycles. The number of hydrogen-bond donors (Lipinski definition) is 2. The second-order valence-electron chi connectivity index (χ2n) is 6.95. The van der Waals surface area contributed by atoms with Gasteiger partial charge in [0.25, 0.3) is 11.8 Å². The van der Waals surface area contributed by atoms with Crippen LogP contribution in [-0.4, -0.2) is 45.0 Å². The summed E-state index contributed by atoms with van der Waals surface area (Å²) in [5, 5.41) is 7.12. The molecule has 1 aliphatic heterocycles. The minimum absolute atomic E-state index is 0.0202. The Bertz CT molecular complexity index is 1010. The van der Waals surface area contributed by atoms with Crippen molar-refractivity contribution in [2.24, 2.45) is 5.73 Å². The number of aromatic amines is 1. The number of nitrogens with two attached hydrogens (primary N) is 1. The molecule has 3 N–H and O–H groups in total. The minimum atomic E-state index is -0.622. The maximum atomic E-state index is 12.9. The number of furan rings is 1. The Balaban J connectivity index is 1.46. The van der Waals surface area contributed by atoms with Gasteiger partial charge in [-0.15, -0.1) is 0 Å². The lowest BCUT2D eigenvalue weighted by Gasteiger charge is -2.31. The van der Waals surface area contributed by atoms with Crippen molar-refractivity contribution in [1.29, 1.82) is 0 Å². The molecule has 1 saturated heterocycles. The molecule has 2 aromatic heterocycles. The molecule has 0 bridgehead atoms. The van der Waals surface area contributed by atoms with Crippen LogP contribution in [0.4, 0.5) is 0 Å². The van der Waals surface area contributed by atoms with Crippen molar-refractivity contribution < 1.29 is 14.0 Å². The summed E-state index contributed by atoms with van der Waals surface area (Å²) in [6.45, 7) is 3.20. The maximum Gasteiger partial charge on any atom is 0.284 e. The Morgan fingerprint density at radius 1 is 1.21 bits per heavy atom. The number of carbonyl (C=O) groups excluding carboxylic acids is 2. The summed E-state index contributed by atoms with van der Waals surface area (Å²) in [6.07, 6.45) is 1.67. The van der Waals surface area contributed by atoms with Crippen LogP contribution in [0.25, 0.3) is 11.3 Å². The monoisotopic (exact) mass is 379 g/mol. The van der Waals surface area contributed by atoms with E-state index in [9.17, 15) is 9.59 Å². The number of hydrogen-bond acceptors (Lipinski definition) is 5. The number of nitrogens with zero attached hydrogens (tertiary/aromatic N) is 3. The number of piperidine rings is 1. The number of carbonyl (C=O) groups is 2. The van der Waals surface area contributed by atoms with Gasteiger partial charge in [-0.25, -0.2) is 4.98 Å². The first-order valence-electron chi connectivity index (χ1n) is 9.19. The SMILES string of the molecule is Cc1nc(C2CCN(C(=O)c3cccc(-c4ccc(C(N)=O)o4)c3)CC2)n[nH]1. The lowest BCUT2D eigenvalue weighted by Crippen LogP contribution is -2.38. The number of rotatable bonds is 4. The molecule has 3 aromatic rings. The minimum Gasteiger partial charge on any atom is -0.451 e. The second-order valence-corrected chi connectivity index (χ2v) is 6.95. The van der Waals surface area contributed by atoms with E-state index >= 15 is 0 Å². The number of amides is 2. The van der Waals surface area contributed by atoms with Gasteiger partial charge in [-0.05, 0) is 44.0 Å². The molecule has 144 valence electrons. The number of nitrogens with one attached hydrogen (secondary N) is 1. The first kappa shape index (κ1) is 18.0.